The molecule has 2 fully saturated rings. The number of likely N-dealkylation sites (tertiary alicyclic amines) is 1. The van der Waals surface area contributed by atoms with Gasteiger partial charge in [0.05, 0.1) is 0 Å². The Morgan fingerprint density at radius 3 is 2.82 bits per heavy atom. The third-order valence-electron chi connectivity index (χ3n) is 2.45. The van der Waals surface area contributed by atoms with Gasteiger partial charge in [0.25, 0.3) is 0 Å². The SMILES string of the molecule is C1CCN(CC2CNCS2)C1. The van der Waals surface area contributed by atoms with E-state index in [0.29, 0.717) is 0 Å². The minimum absolute atomic E-state index is 0.869. The van der Waals surface area contributed by atoms with E-state index >= 15 is 0 Å². The first-order chi connectivity index (χ1) is 5.45. The van der Waals surface area contributed by atoms with Crippen molar-refractivity contribution in [1.29, 1.82) is 0 Å². The molecule has 1 unspecified atom stereocenters. The van der Waals surface area contributed by atoms with Crippen molar-refractivity contribution in [2.45, 2.75) is 18.1 Å². The van der Waals surface area contributed by atoms with Gasteiger partial charge in [-0.15, -0.1) is 11.8 Å². The van der Waals surface area contributed by atoms with Gasteiger partial charge in [-0.2, -0.15) is 0 Å². The largest absolute Gasteiger partial charge is 0.307 e. The normalized spacial score (nSPS) is 33.3. The monoisotopic (exact) mass is 172 g/mol. The van der Waals surface area contributed by atoms with Gasteiger partial charge in [0, 0.05) is 24.2 Å². The van der Waals surface area contributed by atoms with Crippen LogP contribution in [0.5, 0.6) is 0 Å². The predicted octanol–water partition coefficient (Wildman–Crippen LogP) is 0.745. The van der Waals surface area contributed by atoms with Crippen LogP contribution >= 0.6 is 11.8 Å². The second-order valence-electron chi connectivity index (χ2n) is 3.39. The van der Waals surface area contributed by atoms with Crippen LogP contribution in [-0.4, -0.2) is 42.2 Å². The molecule has 0 bridgehead atoms. The van der Waals surface area contributed by atoms with E-state index < -0.39 is 0 Å². The molecule has 3 heteroatoms. The van der Waals surface area contributed by atoms with Crippen LogP contribution in [0.4, 0.5) is 0 Å². The maximum Gasteiger partial charge on any atom is 0.0421 e. The molecule has 2 saturated heterocycles. The summed E-state index contributed by atoms with van der Waals surface area (Å²) in [6.45, 7) is 5.23. The van der Waals surface area contributed by atoms with Gasteiger partial charge < -0.3 is 10.2 Å². The third-order valence-corrected chi connectivity index (χ3v) is 3.61. The molecule has 64 valence electrons. The van der Waals surface area contributed by atoms with E-state index in [1.54, 1.807) is 0 Å². The fraction of sp³-hybridized carbons (Fsp3) is 1.00. The molecule has 0 amide bonds. The van der Waals surface area contributed by atoms with E-state index in [1.807, 2.05) is 0 Å². The van der Waals surface area contributed by atoms with Gasteiger partial charge >= 0.3 is 0 Å². The number of nitrogens with one attached hydrogen (secondary N) is 1. The Bertz CT molecular complexity index is 103. The van der Waals surface area contributed by atoms with Gasteiger partial charge in [-0.1, -0.05) is 0 Å². The lowest BCUT2D eigenvalue weighted by molar-refractivity contribution is 0.340. The number of rotatable bonds is 2. The summed E-state index contributed by atoms with van der Waals surface area (Å²) in [6, 6.07) is 0. The quantitative estimate of drug-likeness (QED) is 0.661. The van der Waals surface area contributed by atoms with E-state index in [-0.39, 0.29) is 0 Å². The van der Waals surface area contributed by atoms with Crippen molar-refractivity contribution in [3.8, 4) is 0 Å². The predicted molar refractivity (Wildman–Crippen MR) is 49.9 cm³/mol. The molecule has 1 atom stereocenters. The number of thioether (sulfide) groups is 1. The van der Waals surface area contributed by atoms with Crippen LogP contribution in [0, 0.1) is 0 Å². The minimum atomic E-state index is 0.869. The van der Waals surface area contributed by atoms with Crippen LogP contribution in [0.2, 0.25) is 0 Å². The molecule has 11 heavy (non-hydrogen) atoms. The van der Waals surface area contributed by atoms with E-state index in [4.69, 9.17) is 0 Å². The molecule has 2 aliphatic rings. The second-order valence-corrected chi connectivity index (χ2v) is 4.68. The van der Waals surface area contributed by atoms with Crippen LogP contribution in [0.3, 0.4) is 0 Å². The summed E-state index contributed by atoms with van der Waals surface area (Å²) in [6.07, 6.45) is 2.84. The Morgan fingerprint density at radius 2 is 2.18 bits per heavy atom. The van der Waals surface area contributed by atoms with Gasteiger partial charge in [-0.05, 0) is 25.9 Å². The summed E-state index contributed by atoms with van der Waals surface area (Å²) in [5, 5.41) is 4.25. The van der Waals surface area contributed by atoms with Crippen molar-refractivity contribution in [2.75, 3.05) is 32.1 Å². The molecule has 2 aliphatic heterocycles. The first kappa shape index (κ1) is 7.90. The Labute approximate surface area is 72.7 Å². The molecule has 0 aliphatic carbocycles. The number of nitrogens with zero attached hydrogens (tertiary/aromatic N) is 1. The Kier molecular flexibility index (Phi) is 2.72. The summed E-state index contributed by atoms with van der Waals surface area (Å²) in [5.74, 6) is 1.17. The van der Waals surface area contributed by atoms with Gasteiger partial charge in [0.15, 0.2) is 0 Å². The van der Waals surface area contributed by atoms with E-state index in [1.165, 1.54) is 44.9 Å². The Balaban J connectivity index is 1.71. The lowest BCUT2D eigenvalue weighted by Crippen LogP contribution is -2.30. The molecule has 2 nitrogen and oxygen atoms in total. The van der Waals surface area contributed by atoms with E-state index in [0.717, 1.165) is 5.25 Å². The van der Waals surface area contributed by atoms with E-state index in [2.05, 4.69) is 22.0 Å². The zero-order valence-corrected chi connectivity index (χ0v) is 7.70. The molecule has 2 rings (SSSR count). The first-order valence-electron chi connectivity index (χ1n) is 4.50. The van der Waals surface area contributed by atoms with Gasteiger partial charge in [0.2, 0.25) is 0 Å². The zero-order chi connectivity index (χ0) is 7.52. The molecule has 1 N–H and O–H groups in total. The fourth-order valence-corrected chi connectivity index (χ4v) is 2.85. The molecule has 0 saturated carbocycles. The first-order valence-corrected chi connectivity index (χ1v) is 5.55. The summed E-state index contributed by atoms with van der Waals surface area (Å²) in [7, 11) is 0. The van der Waals surface area contributed by atoms with Crippen molar-refractivity contribution < 1.29 is 0 Å². The maximum atomic E-state index is 3.38. The van der Waals surface area contributed by atoms with Crippen LogP contribution in [0.1, 0.15) is 12.8 Å². The molecule has 2 heterocycles. The molecular formula is C8H16N2S. The average molecular weight is 172 g/mol. The lowest BCUT2D eigenvalue weighted by atomic mass is 10.4. The molecule has 0 radical (unpaired) electrons. The highest BCUT2D eigenvalue weighted by Crippen LogP contribution is 2.18. The highest BCUT2D eigenvalue weighted by Gasteiger charge is 2.20. The van der Waals surface area contributed by atoms with Crippen LogP contribution < -0.4 is 5.32 Å². The topological polar surface area (TPSA) is 15.3 Å². The van der Waals surface area contributed by atoms with Gasteiger partial charge in [-0.25, -0.2) is 0 Å². The van der Waals surface area contributed by atoms with Crippen molar-refractivity contribution in [3.63, 3.8) is 0 Å². The minimum Gasteiger partial charge on any atom is -0.307 e. The standard InChI is InChI=1S/C8H16N2S/c1-2-4-10(3-1)6-8-5-9-7-11-8/h8-9H,1-7H2. The number of hydrogen-bond acceptors (Lipinski definition) is 3. The van der Waals surface area contributed by atoms with Crippen LogP contribution in [0.15, 0.2) is 0 Å². The number of hydrogen-bond donors (Lipinski definition) is 1. The van der Waals surface area contributed by atoms with Gasteiger partial charge in [0.1, 0.15) is 0 Å². The Hall–Kier alpha value is 0.270. The van der Waals surface area contributed by atoms with Crippen molar-refractivity contribution in [3.05, 3.63) is 0 Å². The molecule has 0 spiro atoms. The summed E-state index contributed by atoms with van der Waals surface area (Å²) in [4.78, 5) is 2.60. The summed E-state index contributed by atoms with van der Waals surface area (Å²) in [5.41, 5.74) is 0. The molecule has 0 aromatic carbocycles. The fourth-order valence-electron chi connectivity index (χ4n) is 1.83. The summed E-state index contributed by atoms with van der Waals surface area (Å²) >= 11 is 2.08. The lowest BCUT2D eigenvalue weighted by Gasteiger charge is -2.17. The second kappa shape index (κ2) is 3.78. The van der Waals surface area contributed by atoms with Crippen molar-refractivity contribution >= 4 is 11.8 Å². The molecule has 0 aromatic heterocycles. The van der Waals surface area contributed by atoms with E-state index in [9.17, 15) is 0 Å². The molecular weight excluding hydrogens is 156 g/mol. The Morgan fingerprint density at radius 1 is 1.36 bits per heavy atom. The highest BCUT2D eigenvalue weighted by molar-refractivity contribution is 8.00. The zero-order valence-electron chi connectivity index (χ0n) is 6.88. The maximum absolute atomic E-state index is 3.38. The van der Waals surface area contributed by atoms with Crippen LogP contribution in [-0.2, 0) is 0 Å². The summed E-state index contributed by atoms with van der Waals surface area (Å²) < 4.78 is 0. The average Bonchev–Trinajstić information content (AvgIpc) is 2.60. The molecule has 0 aromatic rings. The van der Waals surface area contributed by atoms with Crippen LogP contribution in [0.25, 0.3) is 0 Å². The van der Waals surface area contributed by atoms with Crippen molar-refractivity contribution in [1.82, 2.24) is 10.2 Å². The third kappa shape index (κ3) is 2.10. The van der Waals surface area contributed by atoms with Gasteiger partial charge in [-0.3, -0.25) is 0 Å². The smallest absolute Gasteiger partial charge is 0.0421 e. The highest BCUT2D eigenvalue weighted by atomic mass is 32.2. The van der Waals surface area contributed by atoms with Crippen molar-refractivity contribution in [2.24, 2.45) is 0 Å².